The lowest BCUT2D eigenvalue weighted by atomic mass is 9.94. The predicted octanol–water partition coefficient (Wildman–Crippen LogP) is 3.43. The van der Waals surface area contributed by atoms with Crippen LogP contribution in [0.5, 0.6) is 0 Å². The molecular formula is C10H17BrF3N. The number of piperidine rings is 1. The van der Waals surface area contributed by atoms with Gasteiger partial charge in [0.2, 0.25) is 0 Å². The molecule has 1 aliphatic rings. The highest BCUT2D eigenvalue weighted by molar-refractivity contribution is 9.09. The molecule has 1 atom stereocenters. The van der Waals surface area contributed by atoms with E-state index >= 15 is 0 Å². The molecule has 0 aromatic rings. The molecule has 0 aromatic carbocycles. The van der Waals surface area contributed by atoms with E-state index in [0.717, 1.165) is 25.9 Å². The van der Waals surface area contributed by atoms with E-state index in [-0.39, 0.29) is 6.54 Å². The SMILES string of the molecule is CC(Br)C1CCN(CCC(F)(F)F)CC1. The third kappa shape index (κ3) is 5.20. The van der Waals surface area contributed by atoms with Gasteiger partial charge in [-0.25, -0.2) is 0 Å². The van der Waals surface area contributed by atoms with Crippen LogP contribution in [-0.4, -0.2) is 35.5 Å². The molecule has 0 spiro atoms. The van der Waals surface area contributed by atoms with Crippen LogP contribution >= 0.6 is 15.9 Å². The van der Waals surface area contributed by atoms with Crippen molar-refractivity contribution in [3.8, 4) is 0 Å². The van der Waals surface area contributed by atoms with Crippen LogP contribution in [0.1, 0.15) is 26.2 Å². The van der Waals surface area contributed by atoms with Crippen molar-refractivity contribution >= 4 is 15.9 Å². The van der Waals surface area contributed by atoms with E-state index in [1.54, 1.807) is 0 Å². The zero-order valence-electron chi connectivity index (χ0n) is 8.86. The summed E-state index contributed by atoms with van der Waals surface area (Å²) in [7, 11) is 0. The fourth-order valence-corrected chi connectivity index (χ4v) is 2.45. The lowest BCUT2D eigenvalue weighted by Crippen LogP contribution is -2.37. The summed E-state index contributed by atoms with van der Waals surface area (Å²) in [6, 6.07) is 0. The summed E-state index contributed by atoms with van der Waals surface area (Å²) in [4.78, 5) is 2.39. The van der Waals surface area contributed by atoms with Gasteiger partial charge in [0.15, 0.2) is 0 Å². The molecule has 0 N–H and O–H groups in total. The molecule has 0 radical (unpaired) electrons. The highest BCUT2D eigenvalue weighted by Crippen LogP contribution is 2.26. The lowest BCUT2D eigenvalue weighted by Gasteiger charge is -2.33. The number of hydrogen-bond donors (Lipinski definition) is 0. The first-order valence-electron chi connectivity index (χ1n) is 5.31. The highest BCUT2D eigenvalue weighted by atomic mass is 79.9. The van der Waals surface area contributed by atoms with Crippen molar-refractivity contribution in [1.29, 1.82) is 0 Å². The van der Waals surface area contributed by atoms with E-state index in [4.69, 9.17) is 0 Å². The molecule has 1 rings (SSSR count). The van der Waals surface area contributed by atoms with Crippen LogP contribution < -0.4 is 0 Å². The number of halogens is 4. The van der Waals surface area contributed by atoms with Crippen LogP contribution in [0.15, 0.2) is 0 Å². The van der Waals surface area contributed by atoms with E-state index in [9.17, 15) is 13.2 Å². The van der Waals surface area contributed by atoms with E-state index < -0.39 is 12.6 Å². The zero-order chi connectivity index (χ0) is 11.5. The molecule has 1 nitrogen and oxygen atoms in total. The van der Waals surface area contributed by atoms with Crippen LogP contribution in [0.2, 0.25) is 0 Å². The Kier molecular flexibility index (Phi) is 4.90. The second kappa shape index (κ2) is 5.53. The molecule has 1 fully saturated rings. The largest absolute Gasteiger partial charge is 0.390 e. The van der Waals surface area contributed by atoms with Crippen molar-refractivity contribution in [2.75, 3.05) is 19.6 Å². The van der Waals surface area contributed by atoms with Gasteiger partial charge in [0.25, 0.3) is 0 Å². The first kappa shape index (κ1) is 13.3. The monoisotopic (exact) mass is 287 g/mol. The highest BCUT2D eigenvalue weighted by Gasteiger charge is 2.29. The smallest absolute Gasteiger partial charge is 0.303 e. The van der Waals surface area contributed by atoms with Crippen LogP contribution in [0.25, 0.3) is 0 Å². The minimum Gasteiger partial charge on any atom is -0.303 e. The van der Waals surface area contributed by atoms with Crippen molar-refractivity contribution in [1.82, 2.24) is 4.90 Å². The van der Waals surface area contributed by atoms with Crippen LogP contribution in [0, 0.1) is 5.92 Å². The van der Waals surface area contributed by atoms with Crippen molar-refractivity contribution < 1.29 is 13.2 Å². The summed E-state index contributed by atoms with van der Waals surface area (Å²) in [5, 5.41) is 0. The summed E-state index contributed by atoms with van der Waals surface area (Å²) in [5.74, 6) is 0.618. The first-order chi connectivity index (χ1) is 6.88. The fraction of sp³-hybridized carbons (Fsp3) is 1.00. The Morgan fingerprint density at radius 3 is 2.27 bits per heavy atom. The van der Waals surface area contributed by atoms with Crippen LogP contribution in [0.3, 0.4) is 0 Å². The molecule has 0 aliphatic carbocycles. The quantitative estimate of drug-likeness (QED) is 0.719. The number of nitrogens with zero attached hydrogens (tertiary/aromatic N) is 1. The molecule has 0 amide bonds. The van der Waals surface area contributed by atoms with Gasteiger partial charge in [-0.15, -0.1) is 0 Å². The average molecular weight is 288 g/mol. The van der Waals surface area contributed by atoms with Crippen LogP contribution in [0.4, 0.5) is 13.2 Å². The minimum atomic E-state index is -4.01. The second-order valence-corrected chi connectivity index (χ2v) is 5.67. The maximum Gasteiger partial charge on any atom is 0.390 e. The Labute approximate surface area is 97.1 Å². The number of rotatable bonds is 3. The Bertz CT molecular complexity index is 186. The lowest BCUT2D eigenvalue weighted by molar-refractivity contribution is -0.138. The van der Waals surface area contributed by atoms with Crippen LogP contribution in [-0.2, 0) is 0 Å². The molecule has 0 bridgehead atoms. The minimum absolute atomic E-state index is 0.160. The molecule has 1 saturated heterocycles. The van der Waals surface area contributed by atoms with Gasteiger partial charge in [-0.2, -0.15) is 13.2 Å². The topological polar surface area (TPSA) is 3.24 Å². The number of alkyl halides is 4. The van der Waals surface area contributed by atoms with Gasteiger partial charge >= 0.3 is 6.18 Å². The van der Waals surface area contributed by atoms with Gasteiger partial charge in [-0.3, -0.25) is 0 Å². The molecule has 0 saturated carbocycles. The van der Waals surface area contributed by atoms with Gasteiger partial charge < -0.3 is 4.90 Å². The maximum atomic E-state index is 12.0. The van der Waals surface area contributed by atoms with Gasteiger partial charge in [-0.1, -0.05) is 22.9 Å². The van der Waals surface area contributed by atoms with E-state index in [2.05, 4.69) is 22.9 Å². The van der Waals surface area contributed by atoms with E-state index in [1.165, 1.54) is 0 Å². The molecule has 90 valence electrons. The second-order valence-electron chi connectivity index (χ2n) is 4.22. The normalized spacial score (nSPS) is 23.0. The fourth-order valence-electron chi connectivity index (χ4n) is 1.92. The Morgan fingerprint density at radius 2 is 1.87 bits per heavy atom. The first-order valence-corrected chi connectivity index (χ1v) is 6.23. The summed E-state index contributed by atoms with van der Waals surface area (Å²) in [5.41, 5.74) is 0. The molecule has 1 aliphatic heterocycles. The third-order valence-corrected chi connectivity index (χ3v) is 3.74. The summed E-state index contributed by atoms with van der Waals surface area (Å²) in [6.45, 7) is 3.87. The Morgan fingerprint density at radius 1 is 1.33 bits per heavy atom. The van der Waals surface area contributed by atoms with Crippen molar-refractivity contribution in [3.05, 3.63) is 0 Å². The van der Waals surface area contributed by atoms with E-state index in [0.29, 0.717) is 10.7 Å². The van der Waals surface area contributed by atoms with Crippen molar-refractivity contribution in [3.63, 3.8) is 0 Å². The molecule has 0 aromatic heterocycles. The van der Waals surface area contributed by atoms with Gasteiger partial charge in [0.05, 0.1) is 6.42 Å². The summed E-state index contributed by atoms with van der Waals surface area (Å²) < 4.78 is 35.9. The molecule has 1 heterocycles. The van der Waals surface area contributed by atoms with E-state index in [1.807, 2.05) is 4.90 Å². The molecular weight excluding hydrogens is 271 g/mol. The molecule has 15 heavy (non-hydrogen) atoms. The Hall–Kier alpha value is 0.230. The summed E-state index contributed by atoms with van der Waals surface area (Å²) in [6.07, 6.45) is -2.68. The third-order valence-electron chi connectivity index (χ3n) is 2.99. The van der Waals surface area contributed by atoms with Crippen molar-refractivity contribution in [2.45, 2.75) is 37.2 Å². The Balaban J connectivity index is 2.20. The predicted molar refractivity (Wildman–Crippen MR) is 58.2 cm³/mol. The zero-order valence-corrected chi connectivity index (χ0v) is 10.4. The number of likely N-dealkylation sites (tertiary alicyclic amines) is 1. The molecule has 1 unspecified atom stereocenters. The maximum absolute atomic E-state index is 12.0. The van der Waals surface area contributed by atoms with Gasteiger partial charge in [0, 0.05) is 11.4 Å². The standard InChI is InChI=1S/C10H17BrF3N/c1-8(11)9-2-5-15(6-3-9)7-4-10(12,13)14/h8-9H,2-7H2,1H3. The average Bonchev–Trinajstić information content (AvgIpc) is 2.14. The van der Waals surface area contributed by atoms with Gasteiger partial charge in [-0.05, 0) is 31.8 Å². The van der Waals surface area contributed by atoms with Crippen molar-refractivity contribution in [2.24, 2.45) is 5.92 Å². The van der Waals surface area contributed by atoms with Gasteiger partial charge in [0.1, 0.15) is 0 Å². The molecule has 5 heteroatoms. The number of hydrogen-bond acceptors (Lipinski definition) is 1. The summed E-state index contributed by atoms with van der Waals surface area (Å²) >= 11 is 3.53.